The molecule has 0 rings (SSSR count). The molecule has 0 spiro atoms. The first-order valence-electron chi connectivity index (χ1n) is 5.52. The first kappa shape index (κ1) is 14.4. The Kier molecular flexibility index (Phi) is 6.52. The van der Waals surface area contributed by atoms with E-state index in [2.05, 4.69) is 0 Å². The van der Waals surface area contributed by atoms with Gasteiger partial charge >= 0.3 is 5.97 Å². The van der Waals surface area contributed by atoms with E-state index >= 15 is 0 Å². The Labute approximate surface area is 92.3 Å². The van der Waals surface area contributed by atoms with Crippen molar-refractivity contribution in [2.24, 2.45) is 11.5 Å². The molecule has 0 aliphatic rings. The molecule has 0 amide bonds. The molecule has 1 atom stereocenters. The molecule has 90 valence electrons. The number of esters is 1. The van der Waals surface area contributed by atoms with E-state index in [9.17, 15) is 4.79 Å². The SMILES string of the molecule is CC(C)(C)OC(=O)CC(N)CCCCN. The van der Waals surface area contributed by atoms with Crippen molar-refractivity contribution in [3.05, 3.63) is 0 Å². The third-order valence-corrected chi connectivity index (χ3v) is 1.88. The van der Waals surface area contributed by atoms with Crippen molar-refractivity contribution >= 4 is 5.97 Å². The Morgan fingerprint density at radius 1 is 1.33 bits per heavy atom. The fourth-order valence-electron chi connectivity index (χ4n) is 1.25. The summed E-state index contributed by atoms with van der Waals surface area (Å²) in [5.74, 6) is -0.220. The summed E-state index contributed by atoms with van der Waals surface area (Å²) in [6.07, 6.45) is 3.06. The average molecular weight is 216 g/mol. The van der Waals surface area contributed by atoms with Gasteiger partial charge in [-0.25, -0.2) is 0 Å². The summed E-state index contributed by atoms with van der Waals surface area (Å²) in [5, 5.41) is 0. The Morgan fingerprint density at radius 3 is 2.40 bits per heavy atom. The summed E-state index contributed by atoms with van der Waals surface area (Å²) >= 11 is 0. The highest BCUT2D eigenvalue weighted by Crippen LogP contribution is 2.10. The number of nitrogens with two attached hydrogens (primary N) is 2. The maximum absolute atomic E-state index is 11.4. The van der Waals surface area contributed by atoms with Gasteiger partial charge in [0.1, 0.15) is 5.60 Å². The molecule has 0 aliphatic heterocycles. The second-order valence-electron chi connectivity index (χ2n) is 4.84. The largest absolute Gasteiger partial charge is 0.460 e. The van der Waals surface area contributed by atoms with Crippen molar-refractivity contribution in [1.82, 2.24) is 0 Å². The zero-order chi connectivity index (χ0) is 11.9. The topological polar surface area (TPSA) is 78.3 Å². The van der Waals surface area contributed by atoms with Crippen LogP contribution in [0.25, 0.3) is 0 Å². The van der Waals surface area contributed by atoms with Gasteiger partial charge in [0.2, 0.25) is 0 Å². The van der Waals surface area contributed by atoms with Crippen LogP contribution in [0, 0.1) is 0 Å². The Hall–Kier alpha value is -0.610. The lowest BCUT2D eigenvalue weighted by atomic mass is 10.1. The van der Waals surface area contributed by atoms with Crippen molar-refractivity contribution in [2.75, 3.05) is 6.54 Å². The molecule has 1 unspecified atom stereocenters. The maximum atomic E-state index is 11.4. The molecule has 0 fully saturated rings. The highest BCUT2D eigenvalue weighted by Gasteiger charge is 2.18. The van der Waals surface area contributed by atoms with Gasteiger partial charge in [0.25, 0.3) is 0 Å². The fraction of sp³-hybridized carbons (Fsp3) is 0.909. The molecular formula is C11H24N2O2. The Morgan fingerprint density at radius 2 is 1.93 bits per heavy atom. The molecule has 0 aromatic carbocycles. The molecule has 0 saturated heterocycles. The van der Waals surface area contributed by atoms with E-state index in [-0.39, 0.29) is 12.0 Å². The first-order chi connectivity index (χ1) is 6.85. The van der Waals surface area contributed by atoms with E-state index in [0.717, 1.165) is 19.3 Å². The lowest BCUT2D eigenvalue weighted by Gasteiger charge is -2.20. The van der Waals surface area contributed by atoms with Crippen LogP contribution in [0.5, 0.6) is 0 Å². The molecule has 0 heterocycles. The van der Waals surface area contributed by atoms with Crippen LogP contribution in [0.4, 0.5) is 0 Å². The molecule has 4 N–H and O–H groups in total. The second kappa shape index (κ2) is 6.80. The predicted octanol–water partition coefficient (Wildman–Crippen LogP) is 1.17. The van der Waals surface area contributed by atoms with E-state index in [1.807, 2.05) is 20.8 Å². The molecule has 4 nitrogen and oxygen atoms in total. The standard InChI is InChI=1S/C11H24N2O2/c1-11(2,3)15-10(14)8-9(13)6-4-5-7-12/h9H,4-8,12-13H2,1-3H3. The number of hydrogen-bond acceptors (Lipinski definition) is 4. The lowest BCUT2D eigenvalue weighted by molar-refractivity contribution is -0.155. The number of carbonyl (C=O) groups is 1. The molecule has 0 radical (unpaired) electrons. The van der Waals surface area contributed by atoms with Crippen LogP contribution in [-0.2, 0) is 9.53 Å². The van der Waals surface area contributed by atoms with Gasteiger partial charge < -0.3 is 16.2 Å². The minimum absolute atomic E-state index is 0.105. The number of rotatable bonds is 6. The van der Waals surface area contributed by atoms with Crippen LogP contribution < -0.4 is 11.5 Å². The Bertz CT molecular complexity index is 188. The summed E-state index contributed by atoms with van der Waals surface area (Å²) < 4.78 is 5.17. The van der Waals surface area contributed by atoms with Crippen molar-refractivity contribution in [1.29, 1.82) is 0 Å². The second-order valence-corrected chi connectivity index (χ2v) is 4.84. The molecule has 0 aliphatic carbocycles. The molecule has 0 aromatic rings. The quantitative estimate of drug-likeness (QED) is 0.516. The minimum atomic E-state index is -0.423. The monoisotopic (exact) mass is 216 g/mol. The van der Waals surface area contributed by atoms with E-state index in [4.69, 9.17) is 16.2 Å². The van der Waals surface area contributed by atoms with Gasteiger partial charge in [-0.05, 0) is 40.2 Å². The number of hydrogen-bond donors (Lipinski definition) is 2. The van der Waals surface area contributed by atoms with Gasteiger partial charge in [0.15, 0.2) is 0 Å². The zero-order valence-electron chi connectivity index (χ0n) is 10.1. The summed E-state index contributed by atoms with van der Waals surface area (Å²) in [4.78, 5) is 11.4. The van der Waals surface area contributed by atoms with Crippen molar-refractivity contribution in [3.8, 4) is 0 Å². The molecular weight excluding hydrogens is 192 g/mol. The first-order valence-corrected chi connectivity index (χ1v) is 5.52. The van der Waals surface area contributed by atoms with Gasteiger partial charge in [0, 0.05) is 6.04 Å². The normalized spacial score (nSPS) is 13.7. The Balaban J connectivity index is 3.67. The lowest BCUT2D eigenvalue weighted by Crippen LogP contribution is -2.30. The fourth-order valence-corrected chi connectivity index (χ4v) is 1.25. The zero-order valence-corrected chi connectivity index (χ0v) is 10.1. The van der Waals surface area contributed by atoms with Crippen LogP contribution in [0.2, 0.25) is 0 Å². The number of carbonyl (C=O) groups excluding carboxylic acids is 1. The van der Waals surface area contributed by atoms with E-state index < -0.39 is 5.60 Å². The highest BCUT2D eigenvalue weighted by atomic mass is 16.6. The van der Waals surface area contributed by atoms with Crippen LogP contribution in [-0.4, -0.2) is 24.2 Å². The molecule has 0 saturated carbocycles. The van der Waals surface area contributed by atoms with Crippen molar-refractivity contribution in [3.63, 3.8) is 0 Å². The minimum Gasteiger partial charge on any atom is -0.460 e. The summed E-state index contributed by atoms with van der Waals surface area (Å²) in [5.41, 5.74) is 10.7. The smallest absolute Gasteiger partial charge is 0.307 e. The van der Waals surface area contributed by atoms with Gasteiger partial charge in [-0.3, -0.25) is 4.79 Å². The van der Waals surface area contributed by atoms with Crippen LogP contribution >= 0.6 is 0 Å². The van der Waals surface area contributed by atoms with Gasteiger partial charge in [-0.2, -0.15) is 0 Å². The van der Waals surface area contributed by atoms with Gasteiger partial charge in [0.05, 0.1) is 6.42 Å². The van der Waals surface area contributed by atoms with E-state index in [1.54, 1.807) is 0 Å². The predicted molar refractivity (Wildman–Crippen MR) is 61.3 cm³/mol. The average Bonchev–Trinajstić information content (AvgIpc) is 2.00. The number of ether oxygens (including phenoxy) is 1. The third kappa shape index (κ3) is 9.69. The molecule has 15 heavy (non-hydrogen) atoms. The van der Waals surface area contributed by atoms with Crippen LogP contribution in [0.15, 0.2) is 0 Å². The van der Waals surface area contributed by atoms with Crippen molar-refractivity contribution < 1.29 is 9.53 Å². The van der Waals surface area contributed by atoms with Gasteiger partial charge in [-0.1, -0.05) is 6.42 Å². The van der Waals surface area contributed by atoms with Crippen molar-refractivity contribution in [2.45, 2.75) is 58.1 Å². The molecule has 0 bridgehead atoms. The highest BCUT2D eigenvalue weighted by molar-refractivity contribution is 5.70. The van der Waals surface area contributed by atoms with E-state index in [0.29, 0.717) is 13.0 Å². The number of unbranched alkanes of at least 4 members (excludes halogenated alkanes) is 1. The van der Waals surface area contributed by atoms with Crippen LogP contribution in [0.1, 0.15) is 46.5 Å². The van der Waals surface area contributed by atoms with Gasteiger partial charge in [-0.15, -0.1) is 0 Å². The van der Waals surface area contributed by atoms with E-state index in [1.165, 1.54) is 0 Å². The molecule has 0 aromatic heterocycles. The summed E-state index contributed by atoms with van der Waals surface area (Å²) in [6, 6.07) is -0.105. The third-order valence-electron chi connectivity index (χ3n) is 1.88. The summed E-state index contributed by atoms with van der Waals surface area (Å²) in [6.45, 7) is 6.24. The van der Waals surface area contributed by atoms with Crippen LogP contribution in [0.3, 0.4) is 0 Å². The molecule has 4 heteroatoms. The maximum Gasteiger partial charge on any atom is 0.307 e. The summed E-state index contributed by atoms with van der Waals surface area (Å²) in [7, 11) is 0.